The summed E-state index contributed by atoms with van der Waals surface area (Å²) in [5.74, 6) is -4.02. The average molecular weight is 377 g/mol. The maximum Gasteiger partial charge on any atom is 0.313 e. The number of anilines is 1. The first-order valence-electron chi connectivity index (χ1n) is 8.19. The highest BCUT2D eigenvalue weighted by Gasteiger charge is 2.22. The van der Waals surface area contributed by atoms with Crippen LogP contribution < -0.4 is 16.0 Å². The molecule has 9 nitrogen and oxygen atoms in total. The van der Waals surface area contributed by atoms with Gasteiger partial charge in [-0.1, -0.05) is 39.0 Å². The second-order valence-electron chi connectivity index (χ2n) is 6.84. The summed E-state index contributed by atoms with van der Waals surface area (Å²) in [6, 6.07) is 5.83. The zero-order chi connectivity index (χ0) is 20.6. The minimum Gasteiger partial charge on any atom is -0.481 e. The molecule has 0 radical (unpaired) electrons. The first kappa shape index (κ1) is 21.8. The molecular weight excluding hydrogens is 354 g/mol. The second kappa shape index (κ2) is 9.46. The third-order valence-electron chi connectivity index (χ3n) is 3.50. The highest BCUT2D eigenvalue weighted by molar-refractivity contribution is 6.40. The minimum absolute atomic E-state index is 0.256. The van der Waals surface area contributed by atoms with Crippen LogP contribution in [0.1, 0.15) is 32.8 Å². The normalized spacial score (nSPS) is 11.8. The van der Waals surface area contributed by atoms with E-state index < -0.39 is 42.7 Å². The fourth-order valence-electron chi connectivity index (χ4n) is 2.25. The molecule has 146 valence electrons. The van der Waals surface area contributed by atoms with E-state index in [0.29, 0.717) is 5.69 Å². The highest BCUT2D eigenvalue weighted by atomic mass is 16.4. The molecule has 1 aromatic carbocycles. The maximum absolute atomic E-state index is 12.0. The zero-order valence-electron chi connectivity index (χ0n) is 15.4. The van der Waals surface area contributed by atoms with E-state index in [-0.39, 0.29) is 11.7 Å². The fraction of sp³-hybridized carbons (Fsp3) is 0.389. The van der Waals surface area contributed by atoms with Crippen molar-refractivity contribution in [3.05, 3.63) is 29.8 Å². The molecule has 0 saturated heterocycles. The van der Waals surface area contributed by atoms with Crippen LogP contribution in [0.4, 0.5) is 5.69 Å². The number of carboxylic acid groups (broad SMARTS) is 1. The first-order chi connectivity index (χ1) is 12.5. The van der Waals surface area contributed by atoms with Gasteiger partial charge in [-0.15, -0.1) is 0 Å². The van der Waals surface area contributed by atoms with Crippen LogP contribution in [-0.2, 0) is 29.4 Å². The van der Waals surface area contributed by atoms with Gasteiger partial charge < -0.3 is 25.9 Å². The van der Waals surface area contributed by atoms with Crippen molar-refractivity contribution in [2.75, 3.05) is 11.9 Å². The van der Waals surface area contributed by atoms with E-state index in [0.717, 1.165) is 5.56 Å². The molecule has 0 bridgehead atoms. The van der Waals surface area contributed by atoms with Crippen molar-refractivity contribution in [2.45, 2.75) is 38.6 Å². The Kier molecular flexibility index (Phi) is 7.64. The lowest BCUT2D eigenvalue weighted by atomic mass is 9.86. The van der Waals surface area contributed by atoms with Gasteiger partial charge in [0.25, 0.3) is 0 Å². The van der Waals surface area contributed by atoms with Gasteiger partial charge in [0, 0.05) is 5.69 Å². The van der Waals surface area contributed by atoms with Crippen LogP contribution in [0, 0.1) is 0 Å². The number of carbonyl (C=O) groups excluding carboxylic acids is 4. The van der Waals surface area contributed by atoms with E-state index >= 15 is 0 Å². The largest absolute Gasteiger partial charge is 0.481 e. The molecule has 0 spiro atoms. The average Bonchev–Trinajstić information content (AvgIpc) is 2.58. The predicted octanol–water partition coefficient (Wildman–Crippen LogP) is 0.197. The monoisotopic (exact) mass is 377 g/mol. The molecule has 3 amide bonds. The Morgan fingerprint density at radius 2 is 1.74 bits per heavy atom. The number of aldehydes is 1. The Morgan fingerprint density at radius 3 is 2.30 bits per heavy atom. The number of carboxylic acids is 1. The van der Waals surface area contributed by atoms with Crippen molar-refractivity contribution >= 4 is 35.7 Å². The van der Waals surface area contributed by atoms with E-state index in [4.69, 9.17) is 5.11 Å². The Bertz CT molecular complexity index is 739. The van der Waals surface area contributed by atoms with Crippen LogP contribution in [-0.4, -0.2) is 47.7 Å². The molecule has 0 fully saturated rings. The van der Waals surface area contributed by atoms with Crippen LogP contribution >= 0.6 is 0 Å². The first-order valence-corrected chi connectivity index (χ1v) is 8.19. The van der Waals surface area contributed by atoms with Gasteiger partial charge in [0.05, 0.1) is 19.0 Å². The number of hydrogen-bond acceptors (Lipinski definition) is 5. The number of amides is 3. The zero-order valence-corrected chi connectivity index (χ0v) is 15.4. The topological polar surface area (TPSA) is 142 Å². The molecule has 0 aromatic heterocycles. The van der Waals surface area contributed by atoms with Gasteiger partial charge in [-0.3, -0.25) is 19.2 Å². The number of hydrogen-bond donors (Lipinski definition) is 4. The smallest absolute Gasteiger partial charge is 0.313 e. The van der Waals surface area contributed by atoms with Gasteiger partial charge in [-0.05, 0) is 17.0 Å². The maximum atomic E-state index is 12.0. The molecule has 1 aromatic rings. The quantitative estimate of drug-likeness (QED) is 0.395. The molecule has 0 aliphatic heterocycles. The van der Waals surface area contributed by atoms with Crippen molar-refractivity contribution in [3.63, 3.8) is 0 Å². The number of benzene rings is 1. The summed E-state index contributed by atoms with van der Waals surface area (Å²) in [4.78, 5) is 56.8. The van der Waals surface area contributed by atoms with Crippen molar-refractivity contribution in [1.82, 2.24) is 10.6 Å². The summed E-state index contributed by atoms with van der Waals surface area (Å²) in [7, 11) is 0. The van der Waals surface area contributed by atoms with E-state index in [2.05, 4.69) is 16.0 Å². The van der Waals surface area contributed by atoms with Crippen molar-refractivity contribution in [1.29, 1.82) is 0 Å². The van der Waals surface area contributed by atoms with Gasteiger partial charge in [-0.2, -0.15) is 0 Å². The van der Waals surface area contributed by atoms with E-state index in [1.54, 1.807) is 12.1 Å². The Balaban J connectivity index is 2.61. The minimum atomic E-state index is -1.26. The molecule has 0 aliphatic rings. The SMILES string of the molecule is CC(C)(C)c1ccccc1NC(=O)C(=O)NCC(=O)N[C@H](C=O)CC(=O)O. The molecule has 0 aliphatic carbocycles. The van der Waals surface area contributed by atoms with Gasteiger partial charge in [-0.25, -0.2) is 0 Å². The molecule has 1 rings (SSSR count). The summed E-state index contributed by atoms with van der Waals surface area (Å²) < 4.78 is 0. The highest BCUT2D eigenvalue weighted by Crippen LogP contribution is 2.29. The van der Waals surface area contributed by atoms with E-state index in [1.165, 1.54) is 0 Å². The number of carbonyl (C=O) groups is 5. The lowest BCUT2D eigenvalue weighted by Crippen LogP contribution is -2.45. The lowest BCUT2D eigenvalue weighted by molar-refractivity contribution is -0.139. The predicted molar refractivity (Wildman–Crippen MR) is 97.0 cm³/mol. The molecule has 4 N–H and O–H groups in total. The standard InChI is InChI=1S/C18H23N3O6/c1-18(2,3)12-6-4-5-7-13(12)21-17(27)16(26)19-9-14(23)20-11(10-22)8-15(24)25/h4-7,10-11H,8-9H2,1-3H3,(H,19,26)(H,20,23)(H,21,27)(H,24,25)/t11-/m0/s1. The third kappa shape index (κ3) is 7.27. The van der Waals surface area contributed by atoms with Gasteiger partial charge in [0.15, 0.2) is 0 Å². The van der Waals surface area contributed by atoms with Crippen molar-refractivity contribution in [3.8, 4) is 0 Å². The summed E-state index contributed by atoms with van der Waals surface area (Å²) in [6.07, 6.45) is -0.294. The number of para-hydroxylation sites is 1. The molecular formula is C18H23N3O6. The molecule has 0 saturated carbocycles. The Labute approximate surface area is 156 Å². The number of rotatable bonds is 7. The van der Waals surface area contributed by atoms with E-state index in [9.17, 15) is 24.0 Å². The van der Waals surface area contributed by atoms with Crippen molar-refractivity contribution < 1.29 is 29.1 Å². The fourth-order valence-corrected chi connectivity index (χ4v) is 2.25. The molecule has 27 heavy (non-hydrogen) atoms. The van der Waals surface area contributed by atoms with E-state index in [1.807, 2.05) is 32.9 Å². The van der Waals surface area contributed by atoms with Crippen LogP contribution in [0.5, 0.6) is 0 Å². The number of aliphatic carboxylic acids is 1. The van der Waals surface area contributed by atoms with Gasteiger partial charge >= 0.3 is 17.8 Å². The lowest BCUT2D eigenvalue weighted by Gasteiger charge is -2.22. The Morgan fingerprint density at radius 1 is 1.11 bits per heavy atom. The molecule has 9 heteroatoms. The van der Waals surface area contributed by atoms with Crippen LogP contribution in [0.15, 0.2) is 24.3 Å². The molecule has 1 atom stereocenters. The van der Waals surface area contributed by atoms with Crippen LogP contribution in [0.2, 0.25) is 0 Å². The van der Waals surface area contributed by atoms with Crippen LogP contribution in [0.25, 0.3) is 0 Å². The third-order valence-corrected chi connectivity index (χ3v) is 3.50. The van der Waals surface area contributed by atoms with Gasteiger partial charge in [0.1, 0.15) is 6.29 Å². The summed E-state index contributed by atoms with van der Waals surface area (Å²) in [6.45, 7) is 5.31. The summed E-state index contributed by atoms with van der Waals surface area (Å²) >= 11 is 0. The number of nitrogens with one attached hydrogen (secondary N) is 3. The Hall–Kier alpha value is -3.23. The van der Waals surface area contributed by atoms with Gasteiger partial charge in [0.2, 0.25) is 5.91 Å². The van der Waals surface area contributed by atoms with Crippen LogP contribution in [0.3, 0.4) is 0 Å². The second-order valence-corrected chi connectivity index (χ2v) is 6.84. The summed E-state index contributed by atoms with van der Waals surface area (Å²) in [5.41, 5.74) is 1.07. The molecule has 0 unspecified atom stereocenters. The summed E-state index contributed by atoms with van der Waals surface area (Å²) in [5, 5.41) is 15.4. The van der Waals surface area contributed by atoms with Crippen molar-refractivity contribution in [2.24, 2.45) is 0 Å². The molecule has 0 heterocycles.